The van der Waals surface area contributed by atoms with Crippen LogP contribution >= 0.6 is 0 Å². The van der Waals surface area contributed by atoms with E-state index in [9.17, 15) is 0 Å². The van der Waals surface area contributed by atoms with Crippen LogP contribution in [0.5, 0.6) is 0 Å². The van der Waals surface area contributed by atoms with Gasteiger partial charge >= 0.3 is 0 Å². The summed E-state index contributed by atoms with van der Waals surface area (Å²) in [7, 11) is 0. The predicted molar refractivity (Wildman–Crippen MR) is 84.8 cm³/mol. The quantitative estimate of drug-likeness (QED) is 0.824. The highest BCUT2D eigenvalue weighted by Crippen LogP contribution is 2.38. The highest BCUT2D eigenvalue weighted by Gasteiger charge is 2.32. The Hall–Kier alpha value is -0.830. The lowest BCUT2D eigenvalue weighted by molar-refractivity contribution is 0.179. The smallest absolute Gasteiger partial charge is 0.0521 e. The Kier molecular flexibility index (Phi) is 5.64. The zero-order valence-electron chi connectivity index (χ0n) is 13.5. The lowest BCUT2D eigenvalue weighted by atomic mass is 9.70. The zero-order valence-corrected chi connectivity index (χ0v) is 13.5. The molecule has 2 rings (SSSR count). The van der Waals surface area contributed by atoms with Gasteiger partial charge in [-0.15, -0.1) is 0 Å². The van der Waals surface area contributed by atoms with Gasteiger partial charge in [-0.1, -0.05) is 33.1 Å². The molecule has 1 aromatic rings. The van der Waals surface area contributed by atoms with Gasteiger partial charge in [-0.2, -0.15) is 5.10 Å². The average Bonchev–Trinajstić information content (AvgIpc) is 2.86. The molecule has 1 aromatic heterocycles. The fourth-order valence-corrected chi connectivity index (χ4v) is 3.45. The molecule has 0 aliphatic heterocycles. The SMILES string of the molecule is CCn1cc(CC2(CNCC(C)C)CCCCC2)cn1. The van der Waals surface area contributed by atoms with Crippen molar-refractivity contribution in [3.8, 4) is 0 Å². The molecule has 0 atom stereocenters. The Morgan fingerprint density at radius 3 is 2.65 bits per heavy atom. The molecule has 1 N–H and O–H groups in total. The monoisotopic (exact) mass is 277 g/mol. The van der Waals surface area contributed by atoms with Crippen molar-refractivity contribution < 1.29 is 0 Å². The molecule has 1 aliphatic carbocycles. The van der Waals surface area contributed by atoms with Gasteiger partial charge < -0.3 is 5.32 Å². The van der Waals surface area contributed by atoms with Crippen molar-refractivity contribution >= 4 is 0 Å². The summed E-state index contributed by atoms with van der Waals surface area (Å²) in [6, 6.07) is 0. The Labute approximate surface area is 124 Å². The number of nitrogens with one attached hydrogen (secondary N) is 1. The highest BCUT2D eigenvalue weighted by atomic mass is 15.3. The third-order valence-electron chi connectivity index (χ3n) is 4.56. The van der Waals surface area contributed by atoms with Crippen LogP contribution in [0.3, 0.4) is 0 Å². The van der Waals surface area contributed by atoms with E-state index in [1.165, 1.54) is 50.6 Å². The van der Waals surface area contributed by atoms with Gasteiger partial charge in [-0.25, -0.2) is 0 Å². The van der Waals surface area contributed by atoms with Gasteiger partial charge in [0, 0.05) is 19.3 Å². The van der Waals surface area contributed by atoms with E-state index in [1.807, 2.05) is 4.68 Å². The molecule has 0 saturated heterocycles. The second kappa shape index (κ2) is 7.26. The summed E-state index contributed by atoms with van der Waals surface area (Å²) in [5.74, 6) is 0.735. The molecular formula is C17H31N3. The predicted octanol–water partition coefficient (Wildman–Crippen LogP) is 3.64. The van der Waals surface area contributed by atoms with E-state index in [4.69, 9.17) is 0 Å². The van der Waals surface area contributed by atoms with Crippen molar-refractivity contribution in [1.29, 1.82) is 0 Å². The molecule has 3 nitrogen and oxygen atoms in total. The average molecular weight is 277 g/mol. The standard InChI is InChI=1S/C17H31N3/c1-4-20-13-16(12-19-20)10-17(8-6-5-7-9-17)14-18-11-15(2)3/h12-13,15,18H,4-11,14H2,1-3H3. The van der Waals surface area contributed by atoms with E-state index < -0.39 is 0 Å². The zero-order chi connectivity index (χ0) is 14.4. The number of hydrogen-bond donors (Lipinski definition) is 1. The third-order valence-corrected chi connectivity index (χ3v) is 4.56. The van der Waals surface area contributed by atoms with Gasteiger partial charge in [0.15, 0.2) is 0 Å². The number of hydrogen-bond acceptors (Lipinski definition) is 2. The van der Waals surface area contributed by atoms with Crippen LogP contribution in [0.4, 0.5) is 0 Å². The maximum absolute atomic E-state index is 4.44. The van der Waals surface area contributed by atoms with Crippen molar-refractivity contribution in [3.05, 3.63) is 18.0 Å². The number of aromatic nitrogens is 2. The minimum Gasteiger partial charge on any atom is -0.316 e. The Balaban J connectivity index is 1.98. The molecule has 1 saturated carbocycles. The van der Waals surface area contributed by atoms with E-state index in [2.05, 4.69) is 43.6 Å². The maximum Gasteiger partial charge on any atom is 0.0521 e. The van der Waals surface area contributed by atoms with E-state index >= 15 is 0 Å². The van der Waals surface area contributed by atoms with Crippen LogP contribution in [0.25, 0.3) is 0 Å². The number of rotatable bonds is 7. The summed E-state index contributed by atoms with van der Waals surface area (Å²) >= 11 is 0. The fraction of sp³-hybridized carbons (Fsp3) is 0.824. The molecule has 114 valence electrons. The topological polar surface area (TPSA) is 29.9 Å². The minimum absolute atomic E-state index is 0.467. The van der Waals surface area contributed by atoms with Crippen LogP contribution in [0.15, 0.2) is 12.4 Å². The molecule has 0 bridgehead atoms. The first-order chi connectivity index (χ1) is 9.63. The first kappa shape index (κ1) is 15.6. The molecule has 0 amide bonds. The largest absolute Gasteiger partial charge is 0.316 e. The Bertz CT molecular complexity index is 389. The minimum atomic E-state index is 0.467. The normalized spacial score (nSPS) is 18.6. The molecule has 3 heteroatoms. The lowest BCUT2D eigenvalue weighted by Gasteiger charge is -2.37. The number of aryl methyl sites for hydroxylation is 1. The van der Waals surface area contributed by atoms with Gasteiger partial charge in [0.2, 0.25) is 0 Å². The molecule has 0 unspecified atom stereocenters. The summed E-state index contributed by atoms with van der Waals surface area (Å²) in [6.07, 6.45) is 12.4. The van der Waals surface area contributed by atoms with Crippen LogP contribution in [-0.4, -0.2) is 22.9 Å². The van der Waals surface area contributed by atoms with Gasteiger partial charge in [-0.3, -0.25) is 4.68 Å². The summed E-state index contributed by atoms with van der Waals surface area (Å²) in [4.78, 5) is 0. The van der Waals surface area contributed by atoms with E-state index in [0.717, 1.165) is 19.0 Å². The Morgan fingerprint density at radius 2 is 2.05 bits per heavy atom. The number of nitrogens with zero attached hydrogens (tertiary/aromatic N) is 2. The molecule has 0 radical (unpaired) electrons. The van der Waals surface area contributed by atoms with Crippen LogP contribution in [0, 0.1) is 11.3 Å². The second-order valence-electron chi connectivity index (χ2n) is 6.97. The van der Waals surface area contributed by atoms with Gasteiger partial charge in [0.05, 0.1) is 6.20 Å². The van der Waals surface area contributed by atoms with Crippen molar-refractivity contribution in [1.82, 2.24) is 15.1 Å². The van der Waals surface area contributed by atoms with Gasteiger partial charge in [-0.05, 0) is 49.6 Å². The molecule has 0 aromatic carbocycles. The van der Waals surface area contributed by atoms with Crippen molar-refractivity contribution in [3.63, 3.8) is 0 Å². The fourth-order valence-electron chi connectivity index (χ4n) is 3.45. The van der Waals surface area contributed by atoms with Crippen molar-refractivity contribution in [2.75, 3.05) is 13.1 Å². The molecule has 0 spiro atoms. The van der Waals surface area contributed by atoms with Crippen molar-refractivity contribution in [2.45, 2.75) is 65.8 Å². The van der Waals surface area contributed by atoms with Crippen LogP contribution in [0.1, 0.15) is 58.4 Å². The molecular weight excluding hydrogens is 246 g/mol. The summed E-state index contributed by atoms with van der Waals surface area (Å²) in [6.45, 7) is 9.99. The van der Waals surface area contributed by atoms with E-state index in [1.54, 1.807) is 0 Å². The van der Waals surface area contributed by atoms with Crippen molar-refractivity contribution in [2.24, 2.45) is 11.3 Å². The van der Waals surface area contributed by atoms with E-state index in [0.29, 0.717) is 5.41 Å². The third kappa shape index (κ3) is 4.34. The first-order valence-corrected chi connectivity index (χ1v) is 8.35. The summed E-state index contributed by atoms with van der Waals surface area (Å²) < 4.78 is 2.05. The van der Waals surface area contributed by atoms with Crippen LogP contribution in [-0.2, 0) is 13.0 Å². The molecule has 1 fully saturated rings. The first-order valence-electron chi connectivity index (χ1n) is 8.35. The molecule has 20 heavy (non-hydrogen) atoms. The molecule has 1 heterocycles. The highest BCUT2D eigenvalue weighted by molar-refractivity contribution is 5.08. The lowest BCUT2D eigenvalue weighted by Crippen LogP contribution is -2.39. The maximum atomic E-state index is 4.44. The van der Waals surface area contributed by atoms with Crippen LogP contribution < -0.4 is 5.32 Å². The second-order valence-corrected chi connectivity index (χ2v) is 6.97. The van der Waals surface area contributed by atoms with Crippen LogP contribution in [0.2, 0.25) is 0 Å². The summed E-state index contributed by atoms with van der Waals surface area (Å²) in [5, 5.41) is 8.15. The van der Waals surface area contributed by atoms with E-state index in [-0.39, 0.29) is 0 Å². The molecule has 1 aliphatic rings. The van der Waals surface area contributed by atoms with Gasteiger partial charge in [0.25, 0.3) is 0 Å². The van der Waals surface area contributed by atoms with Gasteiger partial charge in [0.1, 0.15) is 0 Å². The summed E-state index contributed by atoms with van der Waals surface area (Å²) in [5.41, 5.74) is 1.88. The Morgan fingerprint density at radius 1 is 1.30 bits per heavy atom.